The normalized spacial score (nSPS) is 24.1. The summed E-state index contributed by atoms with van der Waals surface area (Å²) in [5, 5.41) is 0. The zero-order valence-corrected chi connectivity index (χ0v) is 11.3. The Labute approximate surface area is 109 Å². The highest BCUT2D eigenvalue weighted by Gasteiger charge is 2.30. The van der Waals surface area contributed by atoms with Crippen LogP contribution in [0.15, 0.2) is 24.3 Å². The Hall–Kier alpha value is -0.930. The molecular weight excluding hydrogens is 227 g/mol. The molecule has 1 aliphatic heterocycles. The predicted octanol–water partition coefficient (Wildman–Crippen LogP) is 2.95. The van der Waals surface area contributed by atoms with E-state index in [0.29, 0.717) is 0 Å². The van der Waals surface area contributed by atoms with Crippen LogP contribution >= 0.6 is 0 Å². The lowest BCUT2D eigenvalue weighted by molar-refractivity contribution is 0.210. The molecule has 3 heteroatoms. The molecule has 0 amide bonds. The van der Waals surface area contributed by atoms with Gasteiger partial charge in [0, 0.05) is 18.6 Å². The molecule has 2 N–H and O–H groups in total. The molecule has 1 aromatic rings. The summed E-state index contributed by atoms with van der Waals surface area (Å²) in [7, 11) is 0. The molecule has 2 rings (SSSR count). The third-order valence-corrected chi connectivity index (χ3v) is 4.00. The van der Waals surface area contributed by atoms with E-state index >= 15 is 0 Å². The number of likely N-dealkylation sites (tertiary alicyclic amines) is 1. The van der Waals surface area contributed by atoms with Crippen molar-refractivity contribution < 1.29 is 4.39 Å². The number of nitrogens with zero attached hydrogens (tertiary/aromatic N) is 1. The molecule has 100 valence electrons. The Balaban J connectivity index is 2.16. The van der Waals surface area contributed by atoms with E-state index in [2.05, 4.69) is 11.8 Å². The quantitative estimate of drug-likeness (QED) is 0.890. The summed E-state index contributed by atoms with van der Waals surface area (Å²) in [6.07, 6.45) is 2.48. The summed E-state index contributed by atoms with van der Waals surface area (Å²) in [5.74, 6) is 0.599. The van der Waals surface area contributed by atoms with Gasteiger partial charge in [-0.2, -0.15) is 0 Å². The van der Waals surface area contributed by atoms with Crippen LogP contribution in [0.1, 0.15) is 38.3 Å². The van der Waals surface area contributed by atoms with Crippen LogP contribution in [0, 0.1) is 11.7 Å². The molecule has 18 heavy (non-hydrogen) atoms. The molecule has 1 aliphatic rings. The topological polar surface area (TPSA) is 29.3 Å². The molecule has 1 heterocycles. The van der Waals surface area contributed by atoms with E-state index in [0.717, 1.165) is 24.6 Å². The average molecular weight is 250 g/mol. The maximum atomic E-state index is 13.0. The van der Waals surface area contributed by atoms with Crippen molar-refractivity contribution in [3.05, 3.63) is 35.6 Å². The van der Waals surface area contributed by atoms with Crippen molar-refractivity contribution in [1.82, 2.24) is 4.90 Å². The highest BCUT2D eigenvalue weighted by atomic mass is 19.1. The molecule has 0 bridgehead atoms. The molecule has 0 radical (unpaired) electrons. The van der Waals surface area contributed by atoms with Gasteiger partial charge in [0.15, 0.2) is 0 Å². The van der Waals surface area contributed by atoms with Gasteiger partial charge in [-0.1, -0.05) is 25.5 Å². The molecule has 3 atom stereocenters. The fraction of sp³-hybridized carbons (Fsp3) is 0.600. The van der Waals surface area contributed by atoms with Crippen molar-refractivity contribution in [1.29, 1.82) is 0 Å². The van der Waals surface area contributed by atoms with Crippen molar-refractivity contribution in [2.45, 2.75) is 38.8 Å². The Kier molecular flexibility index (Phi) is 4.36. The van der Waals surface area contributed by atoms with E-state index in [9.17, 15) is 4.39 Å². The molecule has 1 saturated heterocycles. The van der Waals surface area contributed by atoms with Gasteiger partial charge in [0.05, 0.1) is 0 Å². The van der Waals surface area contributed by atoms with Gasteiger partial charge in [-0.3, -0.25) is 4.90 Å². The Morgan fingerprint density at radius 2 is 2.06 bits per heavy atom. The monoisotopic (exact) mass is 250 g/mol. The summed E-state index contributed by atoms with van der Waals surface area (Å²) in [5.41, 5.74) is 7.27. The molecule has 1 fully saturated rings. The summed E-state index contributed by atoms with van der Waals surface area (Å²) < 4.78 is 13.0. The van der Waals surface area contributed by atoms with Gasteiger partial charge in [-0.25, -0.2) is 4.39 Å². The van der Waals surface area contributed by atoms with Crippen molar-refractivity contribution in [3.63, 3.8) is 0 Å². The minimum Gasteiger partial charge on any atom is -0.326 e. The van der Waals surface area contributed by atoms with Crippen LogP contribution in [0.5, 0.6) is 0 Å². The van der Waals surface area contributed by atoms with Gasteiger partial charge >= 0.3 is 0 Å². The number of hydrogen-bond acceptors (Lipinski definition) is 2. The van der Waals surface area contributed by atoms with Crippen LogP contribution in [-0.2, 0) is 0 Å². The second-order valence-corrected chi connectivity index (χ2v) is 5.41. The van der Waals surface area contributed by atoms with E-state index in [1.807, 2.05) is 19.1 Å². The Bertz CT molecular complexity index is 375. The third-order valence-electron chi connectivity index (χ3n) is 4.00. The minimum absolute atomic E-state index is 0.0612. The molecule has 0 saturated carbocycles. The lowest BCUT2D eigenvalue weighted by Gasteiger charge is -2.31. The van der Waals surface area contributed by atoms with Gasteiger partial charge in [0.25, 0.3) is 0 Å². The van der Waals surface area contributed by atoms with E-state index in [4.69, 9.17) is 5.73 Å². The van der Waals surface area contributed by atoms with Crippen LogP contribution in [0.4, 0.5) is 4.39 Å². The highest BCUT2D eigenvalue weighted by molar-refractivity contribution is 5.21. The van der Waals surface area contributed by atoms with Gasteiger partial charge in [0.1, 0.15) is 5.82 Å². The first-order valence-electron chi connectivity index (χ1n) is 6.87. The molecule has 1 aromatic carbocycles. The number of rotatable bonds is 4. The Morgan fingerprint density at radius 1 is 1.39 bits per heavy atom. The van der Waals surface area contributed by atoms with Crippen molar-refractivity contribution in [2.24, 2.45) is 11.7 Å². The summed E-state index contributed by atoms with van der Waals surface area (Å²) in [6.45, 7) is 6.49. The SMILES string of the molecule is CCC1CCN(C(c2ccc(F)cc2)C(C)N)C1. The number of nitrogens with two attached hydrogens (primary N) is 1. The second kappa shape index (κ2) is 5.81. The van der Waals surface area contributed by atoms with Gasteiger partial charge in [-0.15, -0.1) is 0 Å². The number of benzene rings is 1. The summed E-state index contributed by atoms with van der Waals surface area (Å²) in [6, 6.07) is 7.05. The van der Waals surface area contributed by atoms with Crippen LogP contribution in [0.2, 0.25) is 0 Å². The van der Waals surface area contributed by atoms with Crippen molar-refractivity contribution in [3.8, 4) is 0 Å². The highest BCUT2D eigenvalue weighted by Crippen LogP contribution is 2.30. The van der Waals surface area contributed by atoms with E-state index in [1.54, 1.807) is 0 Å². The maximum absolute atomic E-state index is 13.0. The smallest absolute Gasteiger partial charge is 0.123 e. The number of halogens is 1. The van der Waals surface area contributed by atoms with E-state index in [1.165, 1.54) is 25.0 Å². The van der Waals surface area contributed by atoms with E-state index < -0.39 is 0 Å². The molecule has 0 aliphatic carbocycles. The second-order valence-electron chi connectivity index (χ2n) is 5.41. The molecule has 0 spiro atoms. The zero-order chi connectivity index (χ0) is 13.1. The summed E-state index contributed by atoms with van der Waals surface area (Å²) >= 11 is 0. The van der Waals surface area contributed by atoms with E-state index in [-0.39, 0.29) is 17.9 Å². The first-order valence-corrected chi connectivity index (χ1v) is 6.87. The third kappa shape index (κ3) is 2.90. The lowest BCUT2D eigenvalue weighted by Crippen LogP contribution is -2.38. The standard InChI is InChI=1S/C15H23FN2/c1-3-12-8-9-18(10-12)15(11(2)17)13-4-6-14(16)7-5-13/h4-7,11-12,15H,3,8-10,17H2,1-2H3. The van der Waals surface area contributed by atoms with Gasteiger partial charge in [-0.05, 0) is 43.5 Å². The van der Waals surface area contributed by atoms with Crippen LogP contribution in [0.3, 0.4) is 0 Å². The fourth-order valence-electron chi connectivity index (χ4n) is 2.96. The van der Waals surface area contributed by atoms with Gasteiger partial charge < -0.3 is 5.73 Å². The van der Waals surface area contributed by atoms with Crippen molar-refractivity contribution in [2.75, 3.05) is 13.1 Å². The summed E-state index contributed by atoms with van der Waals surface area (Å²) in [4.78, 5) is 2.45. The van der Waals surface area contributed by atoms with Crippen LogP contribution in [0.25, 0.3) is 0 Å². The largest absolute Gasteiger partial charge is 0.326 e. The predicted molar refractivity (Wildman–Crippen MR) is 72.8 cm³/mol. The maximum Gasteiger partial charge on any atom is 0.123 e. The van der Waals surface area contributed by atoms with Crippen molar-refractivity contribution >= 4 is 0 Å². The first-order chi connectivity index (χ1) is 8.61. The lowest BCUT2D eigenvalue weighted by atomic mass is 9.99. The fourth-order valence-corrected chi connectivity index (χ4v) is 2.96. The first kappa shape index (κ1) is 13.5. The number of hydrogen-bond donors (Lipinski definition) is 1. The van der Waals surface area contributed by atoms with Gasteiger partial charge in [0.2, 0.25) is 0 Å². The average Bonchev–Trinajstić information content (AvgIpc) is 2.80. The minimum atomic E-state index is -0.185. The van der Waals surface area contributed by atoms with Crippen LogP contribution < -0.4 is 5.73 Å². The Morgan fingerprint density at radius 3 is 2.56 bits per heavy atom. The molecule has 2 nitrogen and oxygen atoms in total. The molecular formula is C15H23FN2. The zero-order valence-electron chi connectivity index (χ0n) is 11.3. The van der Waals surface area contributed by atoms with Crippen LogP contribution in [-0.4, -0.2) is 24.0 Å². The molecule has 3 unspecified atom stereocenters. The molecule has 0 aromatic heterocycles.